The lowest BCUT2D eigenvalue weighted by Gasteiger charge is -2.08. The summed E-state index contributed by atoms with van der Waals surface area (Å²) in [6.07, 6.45) is 1.56. The highest BCUT2D eigenvalue weighted by molar-refractivity contribution is 7.13. The summed E-state index contributed by atoms with van der Waals surface area (Å²) in [6.45, 7) is -0.106. The van der Waals surface area contributed by atoms with Crippen LogP contribution in [0.2, 0.25) is 5.02 Å². The van der Waals surface area contributed by atoms with Crippen LogP contribution in [0.4, 0.5) is 4.39 Å². The Morgan fingerprint density at radius 3 is 2.81 bits per heavy atom. The van der Waals surface area contributed by atoms with Gasteiger partial charge in [0.25, 0.3) is 5.91 Å². The number of carbonyl (C=O) groups excluding carboxylic acids is 2. The van der Waals surface area contributed by atoms with Crippen LogP contribution in [-0.4, -0.2) is 23.3 Å². The molecule has 1 aromatic carbocycles. The van der Waals surface area contributed by atoms with Gasteiger partial charge in [-0.3, -0.25) is 9.59 Å². The molecule has 0 saturated heterocycles. The smallest absolute Gasteiger partial charge is 0.256 e. The number of nitrogens with one attached hydrogen (secondary N) is 2. The maximum Gasteiger partial charge on any atom is 0.256 e. The largest absolute Gasteiger partial charge is 0.462 e. The molecule has 2 aromatic heterocycles. The van der Waals surface area contributed by atoms with Crippen molar-refractivity contribution in [3.8, 4) is 10.8 Å². The van der Waals surface area contributed by atoms with Gasteiger partial charge in [0, 0.05) is 5.38 Å². The normalized spacial score (nSPS) is 10.5. The van der Waals surface area contributed by atoms with Crippen molar-refractivity contribution in [3.05, 3.63) is 64.1 Å². The zero-order valence-corrected chi connectivity index (χ0v) is 14.9. The number of aromatic nitrogens is 1. The van der Waals surface area contributed by atoms with E-state index in [1.165, 1.54) is 23.5 Å². The predicted molar refractivity (Wildman–Crippen MR) is 95.4 cm³/mol. The molecule has 3 aromatic rings. The minimum Gasteiger partial charge on any atom is -0.462 e. The van der Waals surface area contributed by atoms with Gasteiger partial charge in [-0.25, -0.2) is 9.37 Å². The van der Waals surface area contributed by atoms with E-state index in [-0.39, 0.29) is 23.7 Å². The van der Waals surface area contributed by atoms with Gasteiger partial charge in [0.1, 0.15) is 5.82 Å². The third-order valence-electron chi connectivity index (χ3n) is 3.35. The Morgan fingerprint density at radius 1 is 1.23 bits per heavy atom. The molecule has 134 valence electrons. The Balaban J connectivity index is 1.50. The van der Waals surface area contributed by atoms with Gasteiger partial charge < -0.3 is 15.1 Å². The molecular weight excluding hydrogens is 381 g/mol. The van der Waals surface area contributed by atoms with Crippen LogP contribution in [0.25, 0.3) is 10.8 Å². The van der Waals surface area contributed by atoms with Crippen molar-refractivity contribution in [2.75, 3.05) is 6.54 Å². The number of carbonyl (C=O) groups is 2. The third kappa shape index (κ3) is 4.27. The number of amides is 2. The average molecular weight is 394 g/mol. The molecule has 6 nitrogen and oxygen atoms in total. The molecule has 2 N–H and O–H groups in total. The summed E-state index contributed by atoms with van der Waals surface area (Å²) in [4.78, 5) is 28.2. The molecule has 0 spiro atoms. The summed E-state index contributed by atoms with van der Waals surface area (Å²) in [5.74, 6) is -1.28. The van der Waals surface area contributed by atoms with Gasteiger partial charge in [-0.1, -0.05) is 17.7 Å². The van der Waals surface area contributed by atoms with Crippen LogP contribution >= 0.6 is 22.9 Å². The van der Waals surface area contributed by atoms with E-state index in [1.54, 1.807) is 23.8 Å². The summed E-state index contributed by atoms with van der Waals surface area (Å²) in [6, 6.07) is 7.48. The first kappa shape index (κ1) is 18.1. The molecule has 0 bridgehead atoms. The molecule has 0 atom stereocenters. The number of benzene rings is 1. The number of thiazole rings is 1. The summed E-state index contributed by atoms with van der Waals surface area (Å²) in [7, 11) is 0. The van der Waals surface area contributed by atoms with Gasteiger partial charge in [-0.05, 0) is 24.3 Å². The Labute approximate surface area is 157 Å². The number of hydrogen-bond donors (Lipinski definition) is 2. The number of halogens is 2. The lowest BCUT2D eigenvalue weighted by atomic mass is 10.2. The summed E-state index contributed by atoms with van der Waals surface area (Å²) < 4.78 is 18.9. The molecule has 2 heterocycles. The van der Waals surface area contributed by atoms with Gasteiger partial charge in [0.05, 0.1) is 35.6 Å². The van der Waals surface area contributed by atoms with Crippen molar-refractivity contribution >= 4 is 34.8 Å². The Morgan fingerprint density at radius 2 is 2.08 bits per heavy atom. The molecule has 26 heavy (non-hydrogen) atoms. The lowest BCUT2D eigenvalue weighted by Crippen LogP contribution is -2.37. The second-order valence-electron chi connectivity index (χ2n) is 5.18. The molecule has 0 radical (unpaired) electrons. The zero-order valence-electron chi connectivity index (χ0n) is 13.3. The standard InChI is InChI=1S/C17H13ClFN3O3S/c18-11-3-1-4-12(19)15(11)16(24)21-8-14(23)20-7-10-9-26-17(22-10)13-5-2-6-25-13/h1-6,9H,7-8H2,(H,20,23)(H,21,24). The van der Waals surface area contributed by atoms with E-state index in [9.17, 15) is 14.0 Å². The molecule has 3 rings (SSSR count). The van der Waals surface area contributed by atoms with Gasteiger partial charge in [0.2, 0.25) is 5.91 Å². The third-order valence-corrected chi connectivity index (χ3v) is 4.57. The fourth-order valence-corrected chi connectivity index (χ4v) is 3.15. The van der Waals surface area contributed by atoms with Crippen LogP contribution in [0.15, 0.2) is 46.4 Å². The number of rotatable bonds is 6. The van der Waals surface area contributed by atoms with Gasteiger partial charge in [0.15, 0.2) is 10.8 Å². The van der Waals surface area contributed by atoms with Crippen molar-refractivity contribution in [2.45, 2.75) is 6.54 Å². The molecule has 0 aliphatic carbocycles. The summed E-state index contributed by atoms with van der Waals surface area (Å²) >= 11 is 7.20. The van der Waals surface area contributed by atoms with E-state index in [1.807, 2.05) is 0 Å². The Bertz CT molecular complexity index is 907. The molecule has 0 saturated carbocycles. The first-order valence-corrected chi connectivity index (χ1v) is 8.77. The maximum atomic E-state index is 13.7. The number of hydrogen-bond acceptors (Lipinski definition) is 5. The van der Waals surface area contributed by atoms with Crippen molar-refractivity contribution in [2.24, 2.45) is 0 Å². The molecular formula is C17H13ClFN3O3S. The fourth-order valence-electron chi connectivity index (χ4n) is 2.12. The number of furan rings is 1. The molecule has 2 amide bonds. The first-order chi connectivity index (χ1) is 12.5. The topological polar surface area (TPSA) is 84.2 Å². The zero-order chi connectivity index (χ0) is 18.5. The maximum absolute atomic E-state index is 13.7. The van der Waals surface area contributed by atoms with Gasteiger partial charge >= 0.3 is 0 Å². The SMILES string of the molecule is O=C(CNC(=O)c1c(F)cccc1Cl)NCc1csc(-c2ccco2)n1. The first-order valence-electron chi connectivity index (χ1n) is 7.52. The van der Waals surface area contributed by atoms with Crippen LogP contribution in [0.1, 0.15) is 16.1 Å². The van der Waals surface area contributed by atoms with Crippen LogP contribution < -0.4 is 10.6 Å². The molecule has 0 fully saturated rings. The monoisotopic (exact) mass is 393 g/mol. The minimum atomic E-state index is -0.753. The van der Waals surface area contributed by atoms with Gasteiger partial charge in [-0.15, -0.1) is 11.3 Å². The van der Waals surface area contributed by atoms with Crippen LogP contribution in [0.3, 0.4) is 0 Å². The Kier molecular flexibility index (Phi) is 5.65. The quantitative estimate of drug-likeness (QED) is 0.673. The van der Waals surface area contributed by atoms with Crippen molar-refractivity contribution in [1.82, 2.24) is 15.6 Å². The van der Waals surface area contributed by atoms with Crippen molar-refractivity contribution in [1.29, 1.82) is 0 Å². The fraction of sp³-hybridized carbons (Fsp3) is 0.118. The van der Waals surface area contributed by atoms with E-state index in [0.29, 0.717) is 16.5 Å². The second kappa shape index (κ2) is 8.11. The van der Waals surface area contributed by atoms with E-state index >= 15 is 0 Å². The highest BCUT2D eigenvalue weighted by Crippen LogP contribution is 2.23. The van der Waals surface area contributed by atoms with Crippen LogP contribution in [-0.2, 0) is 11.3 Å². The predicted octanol–water partition coefficient (Wildman–Crippen LogP) is 3.24. The summed E-state index contributed by atoms with van der Waals surface area (Å²) in [5, 5.41) is 7.46. The van der Waals surface area contributed by atoms with Crippen molar-refractivity contribution < 1.29 is 18.4 Å². The van der Waals surface area contributed by atoms with Gasteiger partial charge in [-0.2, -0.15) is 0 Å². The minimum absolute atomic E-state index is 0.0177. The molecule has 9 heteroatoms. The molecule has 0 unspecified atom stereocenters. The van der Waals surface area contributed by atoms with E-state index < -0.39 is 17.6 Å². The van der Waals surface area contributed by atoms with E-state index in [4.69, 9.17) is 16.0 Å². The average Bonchev–Trinajstić information content (AvgIpc) is 3.29. The van der Waals surface area contributed by atoms with Crippen LogP contribution in [0.5, 0.6) is 0 Å². The molecule has 0 aliphatic heterocycles. The highest BCUT2D eigenvalue weighted by atomic mass is 35.5. The van der Waals surface area contributed by atoms with E-state index in [0.717, 1.165) is 6.07 Å². The van der Waals surface area contributed by atoms with Crippen molar-refractivity contribution in [3.63, 3.8) is 0 Å². The second-order valence-corrected chi connectivity index (χ2v) is 6.44. The number of nitrogens with zero attached hydrogens (tertiary/aromatic N) is 1. The molecule has 0 aliphatic rings. The summed E-state index contributed by atoms with van der Waals surface area (Å²) in [5.41, 5.74) is 0.378. The highest BCUT2D eigenvalue weighted by Gasteiger charge is 2.16. The van der Waals surface area contributed by atoms with E-state index in [2.05, 4.69) is 15.6 Å². The Hall–Kier alpha value is -2.71. The lowest BCUT2D eigenvalue weighted by molar-refractivity contribution is -0.120. The van der Waals surface area contributed by atoms with Crippen LogP contribution in [0, 0.1) is 5.82 Å².